The van der Waals surface area contributed by atoms with Crippen LogP contribution in [0, 0.1) is 6.92 Å². The summed E-state index contributed by atoms with van der Waals surface area (Å²) in [5, 5.41) is 6.11. The van der Waals surface area contributed by atoms with E-state index in [0.29, 0.717) is 24.6 Å². The third-order valence-corrected chi connectivity index (χ3v) is 4.09. The van der Waals surface area contributed by atoms with Crippen LogP contribution < -0.4 is 24.8 Å². The summed E-state index contributed by atoms with van der Waals surface area (Å²) in [6, 6.07) is 11.9. The molecule has 0 fully saturated rings. The van der Waals surface area contributed by atoms with E-state index in [1.807, 2.05) is 38.1 Å². The van der Waals surface area contributed by atoms with Crippen LogP contribution in [-0.4, -0.2) is 33.3 Å². The van der Waals surface area contributed by atoms with Gasteiger partial charge >= 0.3 is 0 Å². The fourth-order valence-electron chi connectivity index (χ4n) is 2.66. The van der Waals surface area contributed by atoms with Gasteiger partial charge in [-0.3, -0.25) is 4.79 Å². The van der Waals surface area contributed by atoms with Crippen molar-refractivity contribution in [3.8, 4) is 17.2 Å². The fourth-order valence-corrected chi connectivity index (χ4v) is 2.66. The van der Waals surface area contributed by atoms with Crippen molar-refractivity contribution in [2.75, 3.05) is 27.4 Å². The Morgan fingerprint density at radius 2 is 1.56 bits per heavy atom. The van der Waals surface area contributed by atoms with E-state index >= 15 is 0 Å². The number of aryl methyl sites for hydroxylation is 1. The summed E-state index contributed by atoms with van der Waals surface area (Å²) in [5.41, 5.74) is 3.34. The number of carbonyl (C=O) groups excluding carboxylic acids is 1. The zero-order valence-corrected chi connectivity index (χ0v) is 16.4. The number of amides is 1. The Hall–Kier alpha value is -2.73. The van der Waals surface area contributed by atoms with Gasteiger partial charge in [0.15, 0.2) is 18.1 Å². The van der Waals surface area contributed by atoms with Gasteiger partial charge in [0.05, 0.1) is 14.2 Å². The minimum Gasteiger partial charge on any atom is -0.496 e. The van der Waals surface area contributed by atoms with Gasteiger partial charge < -0.3 is 24.8 Å². The molecule has 0 aromatic heterocycles. The molecule has 0 saturated heterocycles. The van der Waals surface area contributed by atoms with Gasteiger partial charge in [0.1, 0.15) is 5.75 Å². The van der Waals surface area contributed by atoms with Crippen LogP contribution in [0.1, 0.15) is 23.6 Å². The molecular weight excluding hydrogens is 344 g/mol. The number of carbonyl (C=O) groups is 1. The van der Waals surface area contributed by atoms with Gasteiger partial charge in [0, 0.05) is 19.6 Å². The largest absolute Gasteiger partial charge is 0.496 e. The number of hydrogen-bond donors (Lipinski definition) is 2. The van der Waals surface area contributed by atoms with Crippen LogP contribution in [0.4, 0.5) is 0 Å². The maximum absolute atomic E-state index is 11.5. The summed E-state index contributed by atoms with van der Waals surface area (Å²) in [6.07, 6.45) is 0. The molecule has 146 valence electrons. The lowest BCUT2D eigenvalue weighted by Gasteiger charge is -2.13. The monoisotopic (exact) mass is 372 g/mol. The molecule has 0 unspecified atom stereocenters. The summed E-state index contributed by atoms with van der Waals surface area (Å²) >= 11 is 0. The lowest BCUT2D eigenvalue weighted by molar-refractivity contribution is -0.123. The molecule has 0 spiro atoms. The smallest absolute Gasteiger partial charge is 0.257 e. The van der Waals surface area contributed by atoms with Gasteiger partial charge in [-0.05, 0) is 48.7 Å². The van der Waals surface area contributed by atoms with E-state index in [-0.39, 0.29) is 12.5 Å². The molecule has 0 aliphatic rings. The Morgan fingerprint density at radius 1 is 0.926 bits per heavy atom. The average molecular weight is 372 g/mol. The molecule has 0 heterocycles. The van der Waals surface area contributed by atoms with Crippen LogP contribution in [0.5, 0.6) is 17.2 Å². The molecule has 0 aliphatic carbocycles. The molecule has 2 rings (SSSR count). The Kier molecular flexibility index (Phi) is 7.95. The van der Waals surface area contributed by atoms with Crippen LogP contribution >= 0.6 is 0 Å². The molecule has 1 amide bonds. The summed E-state index contributed by atoms with van der Waals surface area (Å²) in [7, 11) is 3.27. The molecule has 2 N–H and O–H groups in total. The standard InChI is InChI=1S/C21H28N2O4/c1-5-23-21(24)14-27-18-9-8-17(11-20(18)26-4)13-22-12-16-7-6-15(2)19(10-16)25-3/h6-11,22H,5,12-14H2,1-4H3,(H,23,24). The highest BCUT2D eigenvalue weighted by Crippen LogP contribution is 2.28. The minimum absolute atomic E-state index is 0.0307. The molecule has 0 radical (unpaired) electrons. The van der Waals surface area contributed by atoms with Crippen molar-refractivity contribution in [1.82, 2.24) is 10.6 Å². The summed E-state index contributed by atoms with van der Waals surface area (Å²) in [5.74, 6) is 1.90. The molecule has 0 atom stereocenters. The van der Waals surface area contributed by atoms with Crippen molar-refractivity contribution in [2.24, 2.45) is 0 Å². The van der Waals surface area contributed by atoms with Crippen molar-refractivity contribution >= 4 is 5.91 Å². The van der Waals surface area contributed by atoms with Crippen molar-refractivity contribution in [3.63, 3.8) is 0 Å². The van der Waals surface area contributed by atoms with Gasteiger partial charge in [-0.2, -0.15) is 0 Å². The predicted molar refractivity (Wildman–Crippen MR) is 105 cm³/mol. The van der Waals surface area contributed by atoms with E-state index in [1.54, 1.807) is 14.2 Å². The van der Waals surface area contributed by atoms with E-state index in [9.17, 15) is 4.79 Å². The Morgan fingerprint density at radius 3 is 2.19 bits per heavy atom. The summed E-state index contributed by atoms with van der Waals surface area (Å²) in [6.45, 7) is 5.86. The van der Waals surface area contributed by atoms with Gasteiger partial charge in [-0.1, -0.05) is 18.2 Å². The zero-order chi connectivity index (χ0) is 19.6. The van der Waals surface area contributed by atoms with Gasteiger partial charge in [-0.15, -0.1) is 0 Å². The Balaban J connectivity index is 1.92. The lowest BCUT2D eigenvalue weighted by atomic mass is 10.1. The molecule has 2 aromatic rings. The van der Waals surface area contributed by atoms with Gasteiger partial charge in [0.2, 0.25) is 0 Å². The van der Waals surface area contributed by atoms with Crippen molar-refractivity contribution in [2.45, 2.75) is 26.9 Å². The molecule has 6 nitrogen and oxygen atoms in total. The van der Waals surface area contributed by atoms with Crippen LogP contribution in [0.2, 0.25) is 0 Å². The van der Waals surface area contributed by atoms with Gasteiger partial charge in [-0.25, -0.2) is 0 Å². The van der Waals surface area contributed by atoms with Crippen molar-refractivity contribution < 1.29 is 19.0 Å². The first kappa shape index (κ1) is 20.6. The van der Waals surface area contributed by atoms with E-state index in [2.05, 4.69) is 22.8 Å². The maximum atomic E-state index is 11.5. The quantitative estimate of drug-likeness (QED) is 0.671. The number of methoxy groups -OCH3 is 2. The van der Waals surface area contributed by atoms with Crippen LogP contribution in [0.3, 0.4) is 0 Å². The second-order valence-electron chi connectivity index (χ2n) is 6.13. The molecule has 0 bridgehead atoms. The number of likely N-dealkylation sites (N-methyl/N-ethyl adjacent to an activating group) is 1. The average Bonchev–Trinajstić information content (AvgIpc) is 2.68. The molecular formula is C21H28N2O4. The molecule has 0 aliphatic heterocycles. The first-order valence-corrected chi connectivity index (χ1v) is 8.98. The van der Waals surface area contributed by atoms with E-state index in [0.717, 1.165) is 29.0 Å². The number of ether oxygens (including phenoxy) is 3. The third-order valence-electron chi connectivity index (χ3n) is 4.09. The molecule has 6 heteroatoms. The predicted octanol–water partition coefficient (Wildman–Crippen LogP) is 2.82. The fraction of sp³-hybridized carbons (Fsp3) is 0.381. The van der Waals surface area contributed by atoms with Crippen LogP contribution in [0.25, 0.3) is 0 Å². The number of nitrogens with one attached hydrogen (secondary N) is 2. The Bertz CT molecular complexity index is 762. The summed E-state index contributed by atoms with van der Waals surface area (Å²) < 4.78 is 16.3. The van der Waals surface area contributed by atoms with Gasteiger partial charge in [0.25, 0.3) is 5.91 Å². The normalized spacial score (nSPS) is 10.4. The first-order chi connectivity index (χ1) is 13.1. The number of benzene rings is 2. The summed E-state index contributed by atoms with van der Waals surface area (Å²) in [4.78, 5) is 11.5. The second kappa shape index (κ2) is 10.4. The highest BCUT2D eigenvalue weighted by molar-refractivity contribution is 5.77. The topological polar surface area (TPSA) is 68.8 Å². The Labute approximate surface area is 160 Å². The third kappa shape index (κ3) is 6.18. The highest BCUT2D eigenvalue weighted by Gasteiger charge is 2.08. The minimum atomic E-state index is -0.154. The SMILES string of the molecule is CCNC(=O)COc1ccc(CNCc2ccc(C)c(OC)c2)cc1OC. The highest BCUT2D eigenvalue weighted by atomic mass is 16.5. The number of rotatable bonds is 10. The second-order valence-corrected chi connectivity index (χ2v) is 6.13. The zero-order valence-electron chi connectivity index (χ0n) is 16.4. The first-order valence-electron chi connectivity index (χ1n) is 8.98. The van der Waals surface area contributed by atoms with E-state index in [1.165, 1.54) is 0 Å². The van der Waals surface area contributed by atoms with E-state index in [4.69, 9.17) is 14.2 Å². The lowest BCUT2D eigenvalue weighted by Crippen LogP contribution is -2.28. The van der Waals surface area contributed by atoms with Crippen molar-refractivity contribution in [3.05, 3.63) is 53.1 Å². The number of hydrogen-bond acceptors (Lipinski definition) is 5. The molecule has 27 heavy (non-hydrogen) atoms. The molecule has 2 aromatic carbocycles. The van der Waals surface area contributed by atoms with E-state index < -0.39 is 0 Å². The van der Waals surface area contributed by atoms with Crippen molar-refractivity contribution in [1.29, 1.82) is 0 Å². The molecule has 0 saturated carbocycles. The maximum Gasteiger partial charge on any atom is 0.257 e. The van der Waals surface area contributed by atoms with Crippen LogP contribution in [-0.2, 0) is 17.9 Å². The van der Waals surface area contributed by atoms with Crippen LogP contribution in [0.15, 0.2) is 36.4 Å².